The number of fused-ring (bicyclic) bond motifs is 1. The van der Waals surface area contributed by atoms with Crippen molar-refractivity contribution in [3.05, 3.63) is 83.4 Å². The molecular formula is C22H17F4N3O. The number of alkyl halides is 3. The number of hydrogen-bond acceptors (Lipinski definition) is 3. The van der Waals surface area contributed by atoms with Gasteiger partial charge in [-0.1, -0.05) is 24.3 Å². The van der Waals surface area contributed by atoms with Crippen LogP contribution < -0.4 is 10.6 Å². The second-order valence-corrected chi connectivity index (χ2v) is 6.95. The quantitative estimate of drug-likeness (QED) is 0.608. The third-order valence-corrected chi connectivity index (χ3v) is 5.11. The van der Waals surface area contributed by atoms with Crippen molar-refractivity contribution in [1.82, 2.24) is 10.3 Å². The summed E-state index contributed by atoms with van der Waals surface area (Å²) in [6, 6.07) is 11.7. The molecule has 1 unspecified atom stereocenters. The summed E-state index contributed by atoms with van der Waals surface area (Å²) in [5.74, 6) is -2.07. The summed E-state index contributed by atoms with van der Waals surface area (Å²) in [5.41, 5.74) is 0.424. The average molecular weight is 415 g/mol. The van der Waals surface area contributed by atoms with E-state index in [1.165, 1.54) is 30.6 Å². The van der Waals surface area contributed by atoms with Gasteiger partial charge in [-0.3, -0.25) is 9.78 Å². The number of nitrogens with one attached hydrogen (secondary N) is 2. The van der Waals surface area contributed by atoms with E-state index in [1.807, 2.05) is 0 Å². The summed E-state index contributed by atoms with van der Waals surface area (Å²) in [6.07, 6.45) is -1.46. The highest BCUT2D eigenvalue weighted by molar-refractivity contribution is 5.97. The molecule has 4 nitrogen and oxygen atoms in total. The number of pyridine rings is 1. The van der Waals surface area contributed by atoms with Gasteiger partial charge in [-0.25, -0.2) is 4.39 Å². The molecule has 0 radical (unpaired) electrons. The van der Waals surface area contributed by atoms with Crippen LogP contribution >= 0.6 is 0 Å². The van der Waals surface area contributed by atoms with Gasteiger partial charge in [0.2, 0.25) is 5.91 Å². The first-order valence-electron chi connectivity index (χ1n) is 9.25. The summed E-state index contributed by atoms with van der Waals surface area (Å²) in [5, 5.41) is 5.40. The maximum Gasteiger partial charge on any atom is 0.416 e. The predicted molar refractivity (Wildman–Crippen MR) is 104 cm³/mol. The summed E-state index contributed by atoms with van der Waals surface area (Å²) >= 11 is 0. The van der Waals surface area contributed by atoms with E-state index in [9.17, 15) is 18.0 Å². The Balaban J connectivity index is 1.64. The highest BCUT2D eigenvalue weighted by atomic mass is 19.4. The number of nitrogens with zero attached hydrogens (tertiary/aromatic N) is 1. The number of benzene rings is 2. The van der Waals surface area contributed by atoms with E-state index in [0.29, 0.717) is 11.1 Å². The molecule has 1 atom stereocenters. The minimum absolute atomic E-state index is 0.0146. The van der Waals surface area contributed by atoms with E-state index >= 15 is 4.39 Å². The van der Waals surface area contributed by atoms with Gasteiger partial charge in [-0.05, 0) is 41.0 Å². The van der Waals surface area contributed by atoms with E-state index < -0.39 is 29.4 Å². The monoisotopic (exact) mass is 415 g/mol. The third-order valence-electron chi connectivity index (χ3n) is 5.11. The molecule has 4 rings (SSSR count). The fraction of sp³-hybridized carbons (Fsp3) is 0.182. The lowest BCUT2D eigenvalue weighted by molar-refractivity contribution is -0.138. The SMILES string of the molecule is O=C(Nc1cccc(-c2ccncc2)c1F)C1CNCc2c1cccc2C(F)(F)F. The van der Waals surface area contributed by atoms with Crippen molar-refractivity contribution in [1.29, 1.82) is 0 Å². The van der Waals surface area contributed by atoms with Gasteiger partial charge in [0.25, 0.3) is 0 Å². The Morgan fingerprint density at radius 2 is 1.80 bits per heavy atom. The summed E-state index contributed by atoms with van der Waals surface area (Å²) in [4.78, 5) is 16.8. The molecule has 0 fully saturated rings. The number of carbonyl (C=O) groups is 1. The molecule has 0 aliphatic carbocycles. The first kappa shape index (κ1) is 20.0. The minimum atomic E-state index is -4.52. The smallest absolute Gasteiger partial charge is 0.323 e. The highest BCUT2D eigenvalue weighted by Gasteiger charge is 2.37. The van der Waals surface area contributed by atoms with Crippen molar-refractivity contribution in [2.75, 3.05) is 11.9 Å². The molecule has 0 spiro atoms. The number of carbonyl (C=O) groups excluding carboxylic acids is 1. The van der Waals surface area contributed by atoms with Gasteiger partial charge >= 0.3 is 6.18 Å². The molecule has 0 saturated carbocycles. The number of anilines is 1. The minimum Gasteiger partial charge on any atom is -0.323 e. The fourth-order valence-corrected chi connectivity index (χ4v) is 3.68. The fourth-order valence-electron chi connectivity index (χ4n) is 3.68. The van der Waals surface area contributed by atoms with Crippen molar-refractivity contribution in [2.45, 2.75) is 18.6 Å². The van der Waals surface area contributed by atoms with E-state index in [0.717, 1.165) is 6.07 Å². The van der Waals surface area contributed by atoms with Crippen molar-refractivity contribution < 1.29 is 22.4 Å². The molecular weight excluding hydrogens is 398 g/mol. The molecule has 1 aliphatic heterocycles. The number of rotatable bonds is 3. The Bertz CT molecular complexity index is 1080. The zero-order valence-electron chi connectivity index (χ0n) is 15.6. The number of aromatic nitrogens is 1. The van der Waals surface area contributed by atoms with Crippen LogP contribution in [-0.2, 0) is 17.5 Å². The molecule has 1 aliphatic rings. The van der Waals surface area contributed by atoms with Crippen LogP contribution in [0.4, 0.5) is 23.2 Å². The molecule has 0 bridgehead atoms. The van der Waals surface area contributed by atoms with Gasteiger partial charge in [-0.2, -0.15) is 13.2 Å². The molecule has 154 valence electrons. The topological polar surface area (TPSA) is 54.0 Å². The van der Waals surface area contributed by atoms with Gasteiger partial charge in [-0.15, -0.1) is 0 Å². The van der Waals surface area contributed by atoms with E-state index in [2.05, 4.69) is 15.6 Å². The largest absolute Gasteiger partial charge is 0.416 e. The van der Waals surface area contributed by atoms with Crippen LogP contribution in [0.1, 0.15) is 22.6 Å². The van der Waals surface area contributed by atoms with Gasteiger partial charge in [0.15, 0.2) is 5.82 Å². The molecule has 2 N–H and O–H groups in total. The zero-order valence-corrected chi connectivity index (χ0v) is 15.6. The van der Waals surface area contributed by atoms with Crippen LogP contribution in [0.5, 0.6) is 0 Å². The first-order chi connectivity index (χ1) is 14.4. The lowest BCUT2D eigenvalue weighted by Gasteiger charge is -2.28. The maximum atomic E-state index is 15.0. The molecule has 8 heteroatoms. The van der Waals surface area contributed by atoms with Gasteiger partial charge in [0, 0.05) is 31.0 Å². The Labute approximate surface area is 170 Å². The predicted octanol–water partition coefficient (Wildman–Crippen LogP) is 4.73. The third kappa shape index (κ3) is 3.78. The van der Waals surface area contributed by atoms with E-state index in [4.69, 9.17) is 0 Å². The Kier molecular flexibility index (Phi) is 5.26. The van der Waals surface area contributed by atoms with Crippen LogP contribution in [-0.4, -0.2) is 17.4 Å². The molecule has 1 aromatic heterocycles. The van der Waals surface area contributed by atoms with Gasteiger partial charge < -0.3 is 10.6 Å². The highest BCUT2D eigenvalue weighted by Crippen LogP contribution is 2.37. The molecule has 0 saturated heterocycles. The van der Waals surface area contributed by atoms with Crippen LogP contribution in [0.15, 0.2) is 60.9 Å². The molecule has 1 amide bonds. The van der Waals surface area contributed by atoms with E-state index in [1.54, 1.807) is 24.3 Å². The summed E-state index contributed by atoms with van der Waals surface area (Å²) < 4.78 is 55.0. The van der Waals surface area contributed by atoms with E-state index in [-0.39, 0.29) is 29.9 Å². The average Bonchev–Trinajstić information content (AvgIpc) is 2.74. The van der Waals surface area contributed by atoms with Crippen molar-refractivity contribution in [2.24, 2.45) is 0 Å². The second-order valence-electron chi connectivity index (χ2n) is 6.95. The van der Waals surface area contributed by atoms with Crippen molar-refractivity contribution in [3.8, 4) is 11.1 Å². The van der Waals surface area contributed by atoms with Crippen molar-refractivity contribution in [3.63, 3.8) is 0 Å². The Morgan fingerprint density at radius 3 is 2.53 bits per heavy atom. The van der Waals surface area contributed by atoms with Crippen LogP contribution in [0.3, 0.4) is 0 Å². The summed E-state index contributed by atoms with van der Waals surface area (Å²) in [7, 11) is 0. The van der Waals surface area contributed by atoms with Crippen LogP contribution in [0.25, 0.3) is 11.1 Å². The second kappa shape index (κ2) is 7.87. The molecule has 2 heterocycles. The molecule has 3 aromatic rings. The normalized spacial score (nSPS) is 16.1. The number of hydrogen-bond donors (Lipinski definition) is 2. The maximum absolute atomic E-state index is 15.0. The first-order valence-corrected chi connectivity index (χ1v) is 9.25. The Morgan fingerprint density at radius 1 is 1.07 bits per heavy atom. The number of halogens is 4. The van der Waals surface area contributed by atoms with Gasteiger partial charge in [0.05, 0.1) is 17.2 Å². The lowest BCUT2D eigenvalue weighted by atomic mass is 9.87. The summed E-state index contributed by atoms with van der Waals surface area (Å²) in [6.45, 7) is 0.173. The van der Waals surface area contributed by atoms with Crippen molar-refractivity contribution >= 4 is 11.6 Å². The lowest BCUT2D eigenvalue weighted by Crippen LogP contribution is -2.36. The molecule has 2 aromatic carbocycles. The van der Waals surface area contributed by atoms with Crippen LogP contribution in [0.2, 0.25) is 0 Å². The zero-order chi connectivity index (χ0) is 21.3. The molecule has 30 heavy (non-hydrogen) atoms. The van der Waals surface area contributed by atoms with Crippen LogP contribution in [0, 0.1) is 5.82 Å². The number of amides is 1. The van der Waals surface area contributed by atoms with Gasteiger partial charge in [0.1, 0.15) is 0 Å². The standard InChI is InChI=1S/C22H17F4N3O/c23-20-14(13-7-9-27-10-8-13)3-2-6-19(20)29-21(30)17-12-28-11-16-15(17)4-1-5-18(16)22(24,25)26/h1-10,17,28H,11-12H2,(H,29,30). The Hall–Kier alpha value is -3.26.